The molecule has 0 saturated carbocycles. The fraction of sp³-hybridized carbons (Fsp3) is 0.167. The summed E-state index contributed by atoms with van der Waals surface area (Å²) in [5.41, 5.74) is 0. The van der Waals surface area contributed by atoms with Gasteiger partial charge in [-0.2, -0.15) is 4.39 Å². The molecule has 9 heavy (non-hydrogen) atoms. The van der Waals surface area contributed by atoms with Crippen molar-refractivity contribution in [3.8, 4) is 0 Å². The first-order chi connectivity index (χ1) is 4.20. The summed E-state index contributed by atoms with van der Waals surface area (Å²) in [6, 6.07) is 0. The van der Waals surface area contributed by atoms with E-state index in [1.54, 1.807) is 0 Å². The highest BCUT2D eigenvalue weighted by atomic mass is 79.9. The molecule has 0 fully saturated rings. The first-order valence-corrected chi connectivity index (χ1v) is 3.12. The molecule has 0 rings (SSSR count). The van der Waals surface area contributed by atoms with Crippen molar-refractivity contribution in [2.45, 2.75) is 0 Å². The summed E-state index contributed by atoms with van der Waals surface area (Å²) in [6.07, 6.45) is 2.73. The first-order valence-electron chi connectivity index (χ1n) is 2.32. The van der Waals surface area contributed by atoms with E-state index in [1.807, 2.05) is 0 Å². The third-order valence-electron chi connectivity index (χ3n) is 0.666. The lowest BCUT2D eigenvalue weighted by Gasteiger charge is -1.83. The average Bonchev–Trinajstić information content (AvgIpc) is 1.87. The molecular weight excluding hydrogens is 185 g/mol. The van der Waals surface area contributed by atoms with Crippen LogP contribution in [0.2, 0.25) is 0 Å². The zero-order valence-corrected chi connectivity index (χ0v) is 6.65. The molecule has 0 radical (unpaired) electrons. The van der Waals surface area contributed by atoms with E-state index in [-0.39, 0.29) is 0 Å². The summed E-state index contributed by atoms with van der Waals surface area (Å²) in [5, 5.41) is 0. The summed E-state index contributed by atoms with van der Waals surface area (Å²) >= 11 is 3.04. The molecule has 1 nitrogen and oxygen atoms in total. The lowest BCUT2D eigenvalue weighted by Crippen LogP contribution is -1.79. The lowest BCUT2D eigenvalue weighted by molar-refractivity contribution is 0.809. The zero-order chi connectivity index (χ0) is 7.28. The van der Waals surface area contributed by atoms with Crippen molar-refractivity contribution in [3.63, 3.8) is 0 Å². The van der Waals surface area contributed by atoms with E-state index < -0.39 is 5.97 Å². The van der Waals surface area contributed by atoms with E-state index in [1.165, 1.54) is 19.2 Å². The van der Waals surface area contributed by atoms with Crippen LogP contribution in [0.3, 0.4) is 0 Å². The van der Waals surface area contributed by atoms with Gasteiger partial charge in [-0.05, 0) is 0 Å². The molecule has 0 aliphatic carbocycles. The Morgan fingerprint density at radius 2 is 2.33 bits per heavy atom. The van der Waals surface area contributed by atoms with Crippen LogP contribution in [-0.4, -0.2) is 13.0 Å². The van der Waals surface area contributed by atoms with E-state index in [0.29, 0.717) is 4.48 Å². The van der Waals surface area contributed by atoms with Gasteiger partial charge in [-0.3, -0.25) is 4.99 Å². The van der Waals surface area contributed by atoms with Crippen molar-refractivity contribution in [3.05, 3.63) is 23.2 Å². The van der Waals surface area contributed by atoms with E-state index >= 15 is 0 Å². The average molecular weight is 192 g/mol. The van der Waals surface area contributed by atoms with Gasteiger partial charge in [0.25, 0.3) is 0 Å². The van der Waals surface area contributed by atoms with Crippen molar-refractivity contribution in [2.24, 2.45) is 4.99 Å². The van der Waals surface area contributed by atoms with Crippen molar-refractivity contribution < 1.29 is 4.39 Å². The van der Waals surface area contributed by atoms with Gasteiger partial charge >= 0.3 is 0 Å². The lowest BCUT2D eigenvalue weighted by atomic mass is 10.5. The Bertz CT molecular complexity index is 160. The summed E-state index contributed by atoms with van der Waals surface area (Å²) in [6.45, 7) is 3.41. The third kappa shape index (κ3) is 4.09. The van der Waals surface area contributed by atoms with Crippen LogP contribution < -0.4 is 0 Å². The monoisotopic (exact) mass is 191 g/mol. The molecule has 0 aromatic rings. The first kappa shape index (κ1) is 8.56. The molecule has 0 N–H and O–H groups in total. The topological polar surface area (TPSA) is 12.4 Å². The van der Waals surface area contributed by atoms with Crippen LogP contribution in [-0.2, 0) is 0 Å². The summed E-state index contributed by atoms with van der Waals surface area (Å²) in [5.74, 6) is -0.512. The molecule has 0 atom stereocenters. The maximum atomic E-state index is 12.2. The molecule has 0 aliphatic heterocycles. The molecule has 0 aromatic heterocycles. The summed E-state index contributed by atoms with van der Waals surface area (Å²) < 4.78 is 12.8. The van der Waals surface area contributed by atoms with E-state index in [9.17, 15) is 4.39 Å². The van der Waals surface area contributed by atoms with E-state index in [4.69, 9.17) is 0 Å². The molecule has 3 heteroatoms. The van der Waals surface area contributed by atoms with Gasteiger partial charge in [-0.25, -0.2) is 0 Å². The predicted octanol–water partition coefficient (Wildman–Crippen LogP) is 2.45. The third-order valence-corrected chi connectivity index (χ3v) is 1.22. The van der Waals surface area contributed by atoms with Gasteiger partial charge in [-0.15, -0.1) is 0 Å². The largest absolute Gasteiger partial charge is 0.261 e. The van der Waals surface area contributed by atoms with Crippen molar-refractivity contribution >= 4 is 21.9 Å². The molecular formula is C6H7BrFN. The van der Waals surface area contributed by atoms with Crippen LogP contribution in [0.1, 0.15) is 0 Å². The second kappa shape index (κ2) is 4.44. The number of halogens is 2. The second-order valence-corrected chi connectivity index (χ2v) is 2.20. The number of hydrogen-bond acceptors (Lipinski definition) is 1. The second-order valence-electron chi connectivity index (χ2n) is 1.28. The number of rotatable bonds is 2. The Morgan fingerprint density at radius 3 is 2.67 bits per heavy atom. The van der Waals surface area contributed by atoms with Gasteiger partial charge in [-0.1, -0.05) is 28.6 Å². The molecule has 0 saturated heterocycles. The maximum absolute atomic E-state index is 12.2. The fourth-order valence-corrected chi connectivity index (χ4v) is 0.426. The number of hydrogen-bond donors (Lipinski definition) is 0. The van der Waals surface area contributed by atoms with Gasteiger partial charge in [0.05, 0.1) is 0 Å². The van der Waals surface area contributed by atoms with Crippen LogP contribution in [0.5, 0.6) is 0 Å². The Kier molecular flexibility index (Phi) is 4.22. The molecule has 0 aliphatic rings. The van der Waals surface area contributed by atoms with Crippen LogP contribution in [0.4, 0.5) is 4.39 Å². The highest BCUT2D eigenvalue weighted by Gasteiger charge is 1.87. The van der Waals surface area contributed by atoms with Crippen LogP contribution >= 0.6 is 15.9 Å². The SMILES string of the molecule is C=C/C(Br)=C\C(F)=NC. The quantitative estimate of drug-likeness (QED) is 0.470. The minimum absolute atomic E-state index is 0.512. The Labute approximate surface area is 62.1 Å². The van der Waals surface area contributed by atoms with Crippen molar-refractivity contribution in [2.75, 3.05) is 7.05 Å². The molecule has 0 heterocycles. The van der Waals surface area contributed by atoms with Crippen molar-refractivity contribution in [1.29, 1.82) is 0 Å². The summed E-state index contributed by atoms with van der Waals surface area (Å²) in [4.78, 5) is 3.27. The summed E-state index contributed by atoms with van der Waals surface area (Å²) in [7, 11) is 1.38. The minimum Gasteiger partial charge on any atom is -0.261 e. The zero-order valence-electron chi connectivity index (χ0n) is 5.06. The predicted molar refractivity (Wildman–Crippen MR) is 41.7 cm³/mol. The number of aliphatic imine (C=N–C) groups is 1. The Hall–Kier alpha value is -0.440. The highest BCUT2D eigenvalue weighted by Crippen LogP contribution is 2.05. The Morgan fingerprint density at radius 1 is 1.78 bits per heavy atom. The fourth-order valence-electron chi connectivity index (χ4n) is 0.237. The van der Waals surface area contributed by atoms with Gasteiger partial charge < -0.3 is 0 Å². The standard InChI is InChI=1S/C6H7BrFN/c1-3-5(7)4-6(8)9-2/h3-4H,1H2,2H3/b5-4+,9-6?. The number of nitrogens with zero attached hydrogens (tertiary/aromatic N) is 1. The molecule has 0 unspecified atom stereocenters. The molecule has 0 spiro atoms. The Balaban J connectivity index is 4.11. The van der Waals surface area contributed by atoms with Gasteiger partial charge in [0, 0.05) is 17.6 Å². The molecule has 0 aromatic carbocycles. The van der Waals surface area contributed by atoms with Crippen LogP contribution in [0, 0.1) is 0 Å². The van der Waals surface area contributed by atoms with Crippen LogP contribution in [0.15, 0.2) is 28.2 Å². The minimum atomic E-state index is -0.512. The molecule has 0 bridgehead atoms. The molecule has 50 valence electrons. The van der Waals surface area contributed by atoms with Crippen molar-refractivity contribution in [1.82, 2.24) is 0 Å². The van der Waals surface area contributed by atoms with Gasteiger partial charge in [0.1, 0.15) is 0 Å². The maximum Gasteiger partial charge on any atom is 0.209 e. The van der Waals surface area contributed by atoms with E-state index in [0.717, 1.165) is 0 Å². The number of allylic oxidation sites excluding steroid dienone is 3. The van der Waals surface area contributed by atoms with E-state index in [2.05, 4.69) is 27.5 Å². The van der Waals surface area contributed by atoms with Crippen LogP contribution in [0.25, 0.3) is 0 Å². The highest BCUT2D eigenvalue weighted by molar-refractivity contribution is 9.11. The normalized spacial score (nSPS) is 13.7. The molecule has 0 amide bonds. The smallest absolute Gasteiger partial charge is 0.209 e. The van der Waals surface area contributed by atoms with Gasteiger partial charge in [0.2, 0.25) is 5.97 Å². The van der Waals surface area contributed by atoms with Gasteiger partial charge in [0.15, 0.2) is 0 Å².